The van der Waals surface area contributed by atoms with Crippen molar-refractivity contribution >= 4 is 50.8 Å². The van der Waals surface area contributed by atoms with Crippen LogP contribution >= 0.6 is 23.1 Å². The Labute approximate surface area is 183 Å². The van der Waals surface area contributed by atoms with Gasteiger partial charge in [-0.05, 0) is 37.0 Å². The minimum atomic E-state index is -3.64. The van der Waals surface area contributed by atoms with Gasteiger partial charge >= 0.3 is 0 Å². The third kappa shape index (κ3) is 3.97. The number of rotatable bonds is 6. The molecule has 4 heterocycles. The lowest BCUT2D eigenvalue weighted by Gasteiger charge is -2.47. The van der Waals surface area contributed by atoms with Crippen molar-refractivity contribution in [3.05, 3.63) is 17.5 Å². The summed E-state index contributed by atoms with van der Waals surface area (Å²) in [4.78, 5) is 41.4. The number of sulfonamides is 1. The van der Waals surface area contributed by atoms with Crippen molar-refractivity contribution in [2.45, 2.75) is 47.6 Å². The van der Waals surface area contributed by atoms with Crippen LogP contribution in [0.25, 0.3) is 0 Å². The maximum atomic E-state index is 13.2. The number of carbonyl (C=O) groups is 3. The van der Waals surface area contributed by atoms with E-state index in [1.165, 1.54) is 17.8 Å². The Hall–Kier alpha value is -1.63. The minimum Gasteiger partial charge on any atom is -0.350 e. The molecule has 0 aliphatic carbocycles. The van der Waals surface area contributed by atoms with E-state index < -0.39 is 28.1 Å². The van der Waals surface area contributed by atoms with Crippen molar-refractivity contribution in [1.29, 1.82) is 0 Å². The van der Waals surface area contributed by atoms with Crippen LogP contribution in [-0.2, 0) is 24.4 Å². The molecule has 3 aliphatic heterocycles. The number of carbonyl (C=O) groups excluding carboxylic acids is 3. The third-order valence-electron chi connectivity index (χ3n) is 5.81. The number of thiophene rings is 1. The molecule has 3 aliphatic rings. The van der Waals surface area contributed by atoms with Crippen molar-refractivity contribution in [3.63, 3.8) is 0 Å². The van der Waals surface area contributed by atoms with Crippen LogP contribution in [0.15, 0.2) is 21.7 Å². The van der Waals surface area contributed by atoms with Crippen LogP contribution in [-0.4, -0.2) is 85.2 Å². The molecular weight excluding hydrogens is 448 g/mol. The van der Waals surface area contributed by atoms with Gasteiger partial charge in [-0.2, -0.15) is 11.8 Å². The summed E-state index contributed by atoms with van der Waals surface area (Å²) in [6, 6.07) is 1.09. The second kappa shape index (κ2) is 8.48. The summed E-state index contributed by atoms with van der Waals surface area (Å²) < 4.78 is 28.0. The topological polar surface area (TPSA) is 116 Å². The largest absolute Gasteiger partial charge is 0.350 e. The Morgan fingerprint density at radius 1 is 1.23 bits per heavy atom. The first-order valence-electron chi connectivity index (χ1n) is 9.77. The summed E-state index contributed by atoms with van der Waals surface area (Å²) >= 11 is 2.54. The number of hydrogen-bond donors (Lipinski definition) is 2. The molecule has 30 heavy (non-hydrogen) atoms. The van der Waals surface area contributed by atoms with Crippen LogP contribution in [0, 0.1) is 0 Å². The molecule has 2 N–H and O–H groups in total. The summed E-state index contributed by atoms with van der Waals surface area (Å²) in [5.74, 6) is -0.158. The first kappa shape index (κ1) is 21.6. The van der Waals surface area contributed by atoms with E-state index >= 15 is 0 Å². The van der Waals surface area contributed by atoms with Crippen LogP contribution in [0.2, 0.25) is 0 Å². The standard InChI is InChI=1S/C18H24N4O5S3/c1-28-10-14(23)19-12-5-7-22-16(12)18(25)21-6-4-11(9-13(21)17(22)24)20-30(26,27)15-3-2-8-29-15/h2-3,8,11-13,16,20H,4-7,9-10H2,1H3,(H,19,23). The smallest absolute Gasteiger partial charge is 0.250 e. The average molecular weight is 473 g/mol. The summed E-state index contributed by atoms with van der Waals surface area (Å²) in [6.45, 7) is 0.720. The van der Waals surface area contributed by atoms with Gasteiger partial charge in [-0.25, -0.2) is 13.1 Å². The number of nitrogens with zero attached hydrogens (tertiary/aromatic N) is 2. The van der Waals surface area contributed by atoms with Gasteiger partial charge in [0.2, 0.25) is 27.7 Å². The van der Waals surface area contributed by atoms with Gasteiger partial charge in [0, 0.05) is 19.1 Å². The Morgan fingerprint density at radius 2 is 2.00 bits per heavy atom. The third-order valence-corrected chi connectivity index (χ3v) is 9.28. The molecule has 1 aromatic rings. The molecule has 0 radical (unpaired) electrons. The highest BCUT2D eigenvalue weighted by molar-refractivity contribution is 7.99. The molecular formula is C18H24N4O5S3. The lowest BCUT2D eigenvalue weighted by atomic mass is 9.92. The quantitative estimate of drug-likeness (QED) is 0.595. The fourth-order valence-corrected chi connectivity index (χ4v) is 7.14. The molecule has 3 saturated heterocycles. The van der Waals surface area contributed by atoms with Crippen molar-refractivity contribution < 1.29 is 22.8 Å². The van der Waals surface area contributed by atoms with E-state index in [1.54, 1.807) is 21.2 Å². The number of nitrogens with one attached hydrogen (secondary N) is 2. The Bertz CT molecular complexity index is 936. The first-order chi connectivity index (χ1) is 14.3. The highest BCUT2D eigenvalue weighted by Crippen LogP contribution is 2.32. The van der Waals surface area contributed by atoms with Gasteiger partial charge in [0.25, 0.3) is 0 Å². The summed E-state index contributed by atoms with van der Waals surface area (Å²) in [5.41, 5.74) is 0. The van der Waals surface area contributed by atoms with E-state index in [4.69, 9.17) is 0 Å². The van der Waals surface area contributed by atoms with Gasteiger partial charge in [0.15, 0.2) is 0 Å². The second-order valence-corrected chi connectivity index (χ2v) is 11.4. The van der Waals surface area contributed by atoms with Crippen molar-refractivity contribution in [3.8, 4) is 0 Å². The molecule has 0 saturated carbocycles. The number of piperidine rings is 1. The number of amides is 3. The van der Waals surface area contributed by atoms with Crippen molar-refractivity contribution in [2.75, 3.05) is 25.1 Å². The van der Waals surface area contributed by atoms with Crippen LogP contribution in [0.5, 0.6) is 0 Å². The lowest BCUT2D eigenvalue weighted by molar-refractivity contribution is -0.162. The molecule has 12 heteroatoms. The maximum absolute atomic E-state index is 13.2. The van der Waals surface area contributed by atoms with Gasteiger partial charge in [0.1, 0.15) is 16.3 Å². The molecule has 3 fully saturated rings. The predicted octanol–water partition coefficient (Wildman–Crippen LogP) is -0.152. The number of hydrogen-bond acceptors (Lipinski definition) is 7. The van der Waals surface area contributed by atoms with E-state index in [0.29, 0.717) is 31.7 Å². The highest BCUT2D eigenvalue weighted by atomic mass is 32.2. The molecule has 1 aromatic heterocycles. The van der Waals surface area contributed by atoms with E-state index in [-0.39, 0.29) is 34.4 Å². The van der Waals surface area contributed by atoms with Crippen LogP contribution in [0.1, 0.15) is 19.3 Å². The summed E-state index contributed by atoms with van der Waals surface area (Å²) in [7, 11) is -3.64. The van der Waals surface area contributed by atoms with Gasteiger partial charge in [0.05, 0.1) is 11.8 Å². The van der Waals surface area contributed by atoms with E-state index in [0.717, 1.165) is 11.3 Å². The average Bonchev–Trinajstić information content (AvgIpc) is 3.37. The zero-order valence-electron chi connectivity index (χ0n) is 16.4. The molecule has 4 unspecified atom stereocenters. The van der Waals surface area contributed by atoms with Gasteiger partial charge in [-0.15, -0.1) is 11.3 Å². The van der Waals surface area contributed by atoms with Crippen LogP contribution < -0.4 is 10.0 Å². The maximum Gasteiger partial charge on any atom is 0.250 e. The monoisotopic (exact) mass is 472 g/mol. The van der Waals surface area contributed by atoms with Crippen LogP contribution in [0.4, 0.5) is 0 Å². The molecule has 0 bridgehead atoms. The first-order valence-corrected chi connectivity index (χ1v) is 13.5. The lowest BCUT2D eigenvalue weighted by Crippen LogP contribution is -2.69. The zero-order chi connectivity index (χ0) is 21.5. The molecule has 9 nitrogen and oxygen atoms in total. The number of piperazine rings is 1. The zero-order valence-corrected chi connectivity index (χ0v) is 18.9. The Balaban J connectivity index is 1.46. The normalized spacial score (nSPS) is 29.0. The fraction of sp³-hybridized carbons (Fsp3) is 0.611. The Morgan fingerprint density at radius 3 is 2.70 bits per heavy atom. The van der Waals surface area contributed by atoms with Crippen molar-refractivity contribution in [1.82, 2.24) is 19.8 Å². The fourth-order valence-electron chi connectivity index (χ4n) is 4.50. The molecule has 4 atom stereocenters. The number of thioether (sulfide) groups is 1. The highest BCUT2D eigenvalue weighted by Gasteiger charge is 2.53. The van der Waals surface area contributed by atoms with Gasteiger partial charge in [-0.1, -0.05) is 6.07 Å². The molecule has 4 rings (SSSR count). The van der Waals surface area contributed by atoms with Gasteiger partial charge < -0.3 is 15.1 Å². The summed E-state index contributed by atoms with van der Waals surface area (Å²) in [6.07, 6.45) is 3.06. The van der Waals surface area contributed by atoms with Crippen molar-refractivity contribution in [2.24, 2.45) is 0 Å². The minimum absolute atomic E-state index is 0.140. The molecule has 164 valence electrons. The summed E-state index contributed by atoms with van der Waals surface area (Å²) in [5, 5.41) is 4.59. The Kier molecular flexibility index (Phi) is 6.11. The van der Waals surface area contributed by atoms with E-state index in [1.807, 2.05) is 6.26 Å². The van der Waals surface area contributed by atoms with Crippen LogP contribution in [0.3, 0.4) is 0 Å². The molecule has 0 aromatic carbocycles. The van der Waals surface area contributed by atoms with Gasteiger partial charge in [-0.3, -0.25) is 14.4 Å². The second-order valence-electron chi connectivity index (χ2n) is 7.69. The van der Waals surface area contributed by atoms with E-state index in [9.17, 15) is 22.8 Å². The number of fused-ring (bicyclic) bond motifs is 2. The van der Waals surface area contributed by atoms with E-state index in [2.05, 4.69) is 10.0 Å². The molecule has 0 spiro atoms. The SMILES string of the molecule is CSCC(=O)NC1CCN2C(=O)C3CC(NS(=O)(=O)c4cccs4)CCN3C(=O)C12. The molecule has 3 amide bonds. The predicted molar refractivity (Wildman–Crippen MR) is 114 cm³/mol.